The molecule has 0 N–H and O–H groups in total. The highest BCUT2D eigenvalue weighted by molar-refractivity contribution is 9.11. The molecule has 0 bridgehead atoms. The van der Waals surface area contributed by atoms with Crippen LogP contribution < -0.4 is 0 Å². The summed E-state index contributed by atoms with van der Waals surface area (Å²) in [4.78, 5) is 0. The molecule has 1 aromatic carbocycles. The maximum atomic E-state index is 3.80. The van der Waals surface area contributed by atoms with Crippen LogP contribution in [-0.4, -0.2) is 0 Å². The van der Waals surface area contributed by atoms with Crippen molar-refractivity contribution in [3.05, 3.63) is 39.6 Å². The zero-order valence-electron chi connectivity index (χ0n) is 4.70. The summed E-state index contributed by atoms with van der Waals surface area (Å²) in [6.45, 7) is 3.80. The Morgan fingerprint density at radius 3 is 2.33 bits per heavy atom. The van der Waals surface area contributed by atoms with Gasteiger partial charge in [0, 0.05) is 8.95 Å². The van der Waals surface area contributed by atoms with Gasteiger partial charge in [0.2, 0.25) is 0 Å². The van der Waals surface area contributed by atoms with Crippen LogP contribution in [0.2, 0.25) is 0 Å². The standard InChI is InChI=1S/C7H5Br2/c1-5-4-6(8)2-3-7(5)9/h2-4H,1H2. The van der Waals surface area contributed by atoms with Gasteiger partial charge in [0.05, 0.1) is 0 Å². The van der Waals surface area contributed by atoms with E-state index in [1.165, 1.54) is 0 Å². The molecule has 0 fully saturated rings. The van der Waals surface area contributed by atoms with Crippen molar-refractivity contribution in [2.45, 2.75) is 0 Å². The zero-order valence-corrected chi connectivity index (χ0v) is 7.87. The summed E-state index contributed by atoms with van der Waals surface area (Å²) in [7, 11) is 0. The van der Waals surface area contributed by atoms with Crippen LogP contribution >= 0.6 is 31.9 Å². The van der Waals surface area contributed by atoms with Crippen molar-refractivity contribution in [1.29, 1.82) is 0 Å². The number of benzene rings is 1. The first-order chi connectivity index (χ1) is 4.20. The van der Waals surface area contributed by atoms with Crippen molar-refractivity contribution >= 4 is 31.9 Å². The Bertz CT molecular complexity index is 218. The molecule has 2 heteroatoms. The first-order valence-corrected chi connectivity index (χ1v) is 4.06. The Kier molecular flexibility index (Phi) is 2.30. The summed E-state index contributed by atoms with van der Waals surface area (Å²) < 4.78 is 2.11. The molecular formula is C7H5Br2. The van der Waals surface area contributed by atoms with Gasteiger partial charge in [-0.25, -0.2) is 0 Å². The van der Waals surface area contributed by atoms with Gasteiger partial charge in [-0.3, -0.25) is 0 Å². The number of hydrogen-bond donors (Lipinski definition) is 0. The average Bonchev–Trinajstić information content (AvgIpc) is 1.80. The summed E-state index contributed by atoms with van der Waals surface area (Å²) in [5, 5.41) is 0. The van der Waals surface area contributed by atoms with Gasteiger partial charge in [0.25, 0.3) is 0 Å². The summed E-state index contributed by atoms with van der Waals surface area (Å²) in [5.74, 6) is 0. The van der Waals surface area contributed by atoms with Crippen LogP contribution in [0.15, 0.2) is 27.1 Å². The SMILES string of the molecule is [CH2]c1cc(Br)ccc1Br. The van der Waals surface area contributed by atoms with E-state index in [4.69, 9.17) is 0 Å². The van der Waals surface area contributed by atoms with Crippen LogP contribution in [-0.2, 0) is 0 Å². The van der Waals surface area contributed by atoms with Crippen molar-refractivity contribution in [2.75, 3.05) is 0 Å². The molecule has 0 unspecified atom stereocenters. The van der Waals surface area contributed by atoms with E-state index in [1.54, 1.807) is 0 Å². The Balaban J connectivity index is 3.17. The topological polar surface area (TPSA) is 0 Å². The predicted molar refractivity (Wildman–Crippen MR) is 46.3 cm³/mol. The van der Waals surface area contributed by atoms with E-state index >= 15 is 0 Å². The molecule has 0 atom stereocenters. The quantitative estimate of drug-likeness (QED) is 0.660. The lowest BCUT2D eigenvalue weighted by atomic mass is 10.2. The molecule has 47 valence electrons. The van der Waals surface area contributed by atoms with Crippen LogP contribution in [0.25, 0.3) is 0 Å². The third kappa shape index (κ3) is 1.80. The van der Waals surface area contributed by atoms with Gasteiger partial charge in [-0.15, -0.1) is 0 Å². The van der Waals surface area contributed by atoms with E-state index in [2.05, 4.69) is 38.8 Å². The van der Waals surface area contributed by atoms with Crippen LogP contribution in [0.1, 0.15) is 5.56 Å². The Hall–Kier alpha value is 0.180. The van der Waals surface area contributed by atoms with Crippen LogP contribution in [0.5, 0.6) is 0 Å². The molecule has 0 aliphatic carbocycles. The Morgan fingerprint density at radius 2 is 1.89 bits per heavy atom. The minimum absolute atomic E-state index is 1.00. The minimum atomic E-state index is 1.00. The van der Waals surface area contributed by atoms with Crippen molar-refractivity contribution in [2.24, 2.45) is 0 Å². The number of hydrogen-bond acceptors (Lipinski definition) is 0. The van der Waals surface area contributed by atoms with Crippen molar-refractivity contribution < 1.29 is 0 Å². The summed E-state index contributed by atoms with van der Waals surface area (Å²) in [5.41, 5.74) is 1.00. The van der Waals surface area contributed by atoms with E-state index in [9.17, 15) is 0 Å². The molecule has 1 radical (unpaired) electrons. The van der Waals surface area contributed by atoms with Crippen LogP contribution in [0.4, 0.5) is 0 Å². The molecule has 0 aliphatic rings. The Labute approximate surface area is 71.5 Å². The first kappa shape index (κ1) is 7.29. The van der Waals surface area contributed by atoms with Gasteiger partial charge in [0.1, 0.15) is 0 Å². The van der Waals surface area contributed by atoms with Gasteiger partial charge < -0.3 is 0 Å². The van der Waals surface area contributed by atoms with Crippen LogP contribution in [0.3, 0.4) is 0 Å². The third-order valence-corrected chi connectivity index (χ3v) is 2.27. The lowest BCUT2D eigenvalue weighted by Gasteiger charge is -1.95. The van der Waals surface area contributed by atoms with Gasteiger partial charge in [-0.2, -0.15) is 0 Å². The lowest BCUT2D eigenvalue weighted by molar-refractivity contribution is 1.53. The number of halogens is 2. The summed E-state index contributed by atoms with van der Waals surface area (Å²) in [6.07, 6.45) is 0. The monoisotopic (exact) mass is 247 g/mol. The molecule has 0 aromatic heterocycles. The van der Waals surface area contributed by atoms with Gasteiger partial charge in [-0.05, 0) is 30.7 Å². The fraction of sp³-hybridized carbons (Fsp3) is 0. The summed E-state index contributed by atoms with van der Waals surface area (Å²) >= 11 is 6.68. The minimum Gasteiger partial charge on any atom is -0.0508 e. The summed E-state index contributed by atoms with van der Waals surface area (Å²) in [6, 6.07) is 5.90. The zero-order chi connectivity index (χ0) is 6.85. The highest BCUT2D eigenvalue weighted by Crippen LogP contribution is 2.19. The van der Waals surface area contributed by atoms with Gasteiger partial charge in [-0.1, -0.05) is 31.9 Å². The van der Waals surface area contributed by atoms with Crippen molar-refractivity contribution in [1.82, 2.24) is 0 Å². The Morgan fingerprint density at radius 1 is 1.22 bits per heavy atom. The average molecular weight is 249 g/mol. The fourth-order valence-electron chi connectivity index (χ4n) is 0.543. The number of rotatable bonds is 0. The second kappa shape index (κ2) is 2.84. The van der Waals surface area contributed by atoms with E-state index in [0.717, 1.165) is 14.5 Å². The van der Waals surface area contributed by atoms with E-state index in [-0.39, 0.29) is 0 Å². The lowest BCUT2D eigenvalue weighted by Crippen LogP contribution is -1.72. The molecule has 9 heavy (non-hydrogen) atoms. The molecule has 0 saturated carbocycles. The van der Waals surface area contributed by atoms with Crippen molar-refractivity contribution in [3.8, 4) is 0 Å². The maximum absolute atomic E-state index is 3.80. The highest BCUT2D eigenvalue weighted by Gasteiger charge is 1.92. The second-order valence-electron chi connectivity index (χ2n) is 1.74. The normalized spacial score (nSPS) is 9.67. The molecule has 0 heterocycles. The molecule has 0 aliphatic heterocycles. The third-order valence-electron chi connectivity index (χ3n) is 1.01. The van der Waals surface area contributed by atoms with E-state index < -0.39 is 0 Å². The molecule has 0 nitrogen and oxygen atoms in total. The molecule has 1 rings (SSSR count). The van der Waals surface area contributed by atoms with Crippen LogP contribution in [0, 0.1) is 6.92 Å². The van der Waals surface area contributed by atoms with Gasteiger partial charge >= 0.3 is 0 Å². The van der Waals surface area contributed by atoms with E-state index in [1.807, 2.05) is 18.2 Å². The van der Waals surface area contributed by atoms with E-state index in [0.29, 0.717) is 0 Å². The van der Waals surface area contributed by atoms with Crippen molar-refractivity contribution in [3.63, 3.8) is 0 Å². The highest BCUT2D eigenvalue weighted by atomic mass is 79.9. The maximum Gasteiger partial charge on any atom is 0.0208 e. The smallest absolute Gasteiger partial charge is 0.0208 e. The predicted octanol–water partition coefficient (Wildman–Crippen LogP) is 3.39. The molecule has 1 aromatic rings. The fourth-order valence-corrected chi connectivity index (χ4v) is 1.20. The molecule has 0 saturated heterocycles. The molecule has 0 spiro atoms. The largest absolute Gasteiger partial charge is 0.0508 e. The second-order valence-corrected chi connectivity index (χ2v) is 3.51. The molecule has 0 amide bonds. The first-order valence-electron chi connectivity index (χ1n) is 2.47. The van der Waals surface area contributed by atoms with Gasteiger partial charge in [0.15, 0.2) is 0 Å². The molecular weight excluding hydrogens is 244 g/mol.